The summed E-state index contributed by atoms with van der Waals surface area (Å²) >= 11 is 8.39. The molecule has 0 radical (unpaired) electrons. The van der Waals surface area contributed by atoms with Crippen molar-refractivity contribution in [1.29, 1.82) is 0 Å². The van der Waals surface area contributed by atoms with Crippen LogP contribution in [0.15, 0.2) is 29.3 Å². The van der Waals surface area contributed by atoms with Gasteiger partial charge in [0.15, 0.2) is 10.9 Å². The van der Waals surface area contributed by atoms with Gasteiger partial charge in [-0.05, 0) is 25.1 Å². The number of nitrogens with one attached hydrogen (secondary N) is 1. The molecule has 2 aromatic rings. The van der Waals surface area contributed by atoms with Crippen LogP contribution < -0.4 is 9.50 Å². The Balaban J connectivity index is 2.34. The molecule has 10 heteroatoms. The fourth-order valence-corrected chi connectivity index (χ4v) is 4.19. The van der Waals surface area contributed by atoms with E-state index in [1.54, 1.807) is 12.1 Å². The largest absolute Gasteiger partial charge is 0.381 e. The third-order valence-corrected chi connectivity index (χ3v) is 6.23. The van der Waals surface area contributed by atoms with E-state index in [0.29, 0.717) is 14.4 Å². The summed E-state index contributed by atoms with van der Waals surface area (Å²) in [6.45, 7) is 7.50. The van der Waals surface area contributed by atoms with Crippen molar-refractivity contribution >= 4 is 55.9 Å². The third-order valence-electron chi connectivity index (χ3n) is 2.89. The summed E-state index contributed by atoms with van der Waals surface area (Å²) in [5.41, 5.74) is 0.260. The zero-order chi connectivity index (χ0) is 19.5. The van der Waals surface area contributed by atoms with Crippen molar-refractivity contribution in [3.63, 3.8) is 0 Å². The molecule has 0 spiro atoms. The normalized spacial score (nSPS) is 12.0. The number of carbonyl (C=O) groups excluding carboxylic acids is 1. The molecule has 26 heavy (non-hydrogen) atoms. The van der Waals surface area contributed by atoms with Crippen molar-refractivity contribution < 1.29 is 17.4 Å². The molecule has 0 saturated heterocycles. The number of amides is 1. The Labute approximate surface area is 166 Å². The summed E-state index contributed by atoms with van der Waals surface area (Å²) in [6, 6.07) is 4.72. The molecule has 6 nitrogen and oxygen atoms in total. The molecule has 1 heterocycles. The first-order valence-electron chi connectivity index (χ1n) is 7.67. The number of thioether (sulfide) groups is 1. The van der Waals surface area contributed by atoms with Gasteiger partial charge >= 0.3 is 10.1 Å². The summed E-state index contributed by atoms with van der Waals surface area (Å²) in [7, 11) is -3.72. The molecule has 0 unspecified atom stereocenters. The molecule has 0 bridgehead atoms. The summed E-state index contributed by atoms with van der Waals surface area (Å²) in [5.74, 6) is -0.459. The molecule has 1 aromatic carbocycles. The van der Waals surface area contributed by atoms with Crippen molar-refractivity contribution in [2.45, 2.75) is 37.3 Å². The van der Waals surface area contributed by atoms with E-state index in [2.05, 4.69) is 10.3 Å². The predicted molar refractivity (Wildman–Crippen MR) is 107 cm³/mol. The first kappa shape index (κ1) is 21.0. The van der Waals surface area contributed by atoms with Gasteiger partial charge in [0.25, 0.3) is 5.91 Å². The molecule has 1 N–H and O–H groups in total. The summed E-state index contributed by atoms with van der Waals surface area (Å²) in [4.78, 5) is 17.0. The van der Waals surface area contributed by atoms with E-state index in [4.69, 9.17) is 15.8 Å². The topological polar surface area (TPSA) is 85.4 Å². The van der Waals surface area contributed by atoms with Crippen LogP contribution >= 0.6 is 34.7 Å². The number of hydrogen-bond acceptors (Lipinski definition) is 7. The van der Waals surface area contributed by atoms with Crippen LogP contribution in [-0.2, 0) is 10.1 Å². The van der Waals surface area contributed by atoms with Gasteiger partial charge in [0.05, 0.1) is 16.8 Å². The zero-order valence-corrected chi connectivity index (χ0v) is 17.9. The molecular formula is C16H19ClN2O4S3. The number of benzene rings is 1. The van der Waals surface area contributed by atoms with Gasteiger partial charge in [0.2, 0.25) is 0 Å². The minimum atomic E-state index is -3.72. The van der Waals surface area contributed by atoms with Gasteiger partial charge in [-0.15, -0.1) is 11.8 Å². The smallest absolute Gasteiger partial charge is 0.308 e. The summed E-state index contributed by atoms with van der Waals surface area (Å²) in [5, 5.41) is 2.98. The van der Waals surface area contributed by atoms with Gasteiger partial charge in [-0.3, -0.25) is 10.1 Å². The van der Waals surface area contributed by atoms with E-state index in [1.165, 1.54) is 30.9 Å². The lowest BCUT2D eigenvalue weighted by Gasteiger charge is -2.20. The Hall–Kier alpha value is -1.29. The number of hydrogen-bond donors (Lipinski definition) is 1. The minimum Gasteiger partial charge on any atom is -0.381 e. The average Bonchev–Trinajstić information content (AvgIpc) is 2.92. The molecule has 0 fully saturated rings. The van der Waals surface area contributed by atoms with Crippen LogP contribution in [0.3, 0.4) is 0 Å². The monoisotopic (exact) mass is 434 g/mol. The standard InChI is InChI=1S/C16H19ClN2O4S3/c1-5-26(21,22)23-11-8-10(6-7-12(11)25-16(2,3)4)14(20)19-15-18-9-13(17)24-15/h6-9H,5H2,1-4H3,(H,18,19,20). The first-order valence-corrected chi connectivity index (χ1v) is 11.3. The Morgan fingerprint density at radius 1 is 1.38 bits per heavy atom. The summed E-state index contributed by atoms with van der Waals surface area (Å²) in [6.07, 6.45) is 1.44. The van der Waals surface area contributed by atoms with Crippen LogP contribution in [0, 0.1) is 0 Å². The minimum absolute atomic E-state index is 0.136. The lowest BCUT2D eigenvalue weighted by molar-refractivity contribution is 0.102. The first-order chi connectivity index (χ1) is 12.0. The van der Waals surface area contributed by atoms with E-state index in [1.807, 2.05) is 20.8 Å². The Bertz CT molecular complexity index is 904. The lowest BCUT2D eigenvalue weighted by Crippen LogP contribution is -2.15. The number of aromatic nitrogens is 1. The fraction of sp³-hybridized carbons (Fsp3) is 0.375. The molecule has 0 aliphatic heterocycles. The maximum atomic E-state index is 12.4. The Morgan fingerprint density at radius 2 is 2.08 bits per heavy atom. The van der Waals surface area contributed by atoms with Crippen molar-refractivity contribution in [3.8, 4) is 5.75 Å². The molecule has 0 aliphatic carbocycles. The highest BCUT2D eigenvalue weighted by Gasteiger charge is 2.21. The van der Waals surface area contributed by atoms with E-state index < -0.39 is 16.0 Å². The van der Waals surface area contributed by atoms with Crippen LogP contribution in [0.1, 0.15) is 38.1 Å². The number of halogens is 1. The average molecular weight is 435 g/mol. The molecule has 1 amide bonds. The van der Waals surface area contributed by atoms with Gasteiger partial charge in [-0.25, -0.2) is 4.98 Å². The highest BCUT2D eigenvalue weighted by atomic mass is 35.5. The summed E-state index contributed by atoms with van der Waals surface area (Å²) < 4.78 is 29.3. The van der Waals surface area contributed by atoms with E-state index in [9.17, 15) is 13.2 Å². The van der Waals surface area contributed by atoms with Gasteiger partial charge in [0, 0.05) is 10.3 Å². The number of nitrogens with zero attached hydrogens (tertiary/aromatic N) is 1. The van der Waals surface area contributed by atoms with Crippen LogP contribution in [0.2, 0.25) is 4.34 Å². The maximum Gasteiger partial charge on any atom is 0.308 e. The van der Waals surface area contributed by atoms with Crippen LogP contribution in [-0.4, -0.2) is 29.8 Å². The van der Waals surface area contributed by atoms with Crippen molar-refractivity contribution in [2.24, 2.45) is 0 Å². The quantitative estimate of drug-likeness (QED) is 0.525. The van der Waals surface area contributed by atoms with Gasteiger partial charge in [-0.1, -0.05) is 43.7 Å². The van der Waals surface area contributed by atoms with E-state index in [0.717, 1.165) is 11.3 Å². The molecule has 142 valence electrons. The van der Waals surface area contributed by atoms with Gasteiger partial charge < -0.3 is 4.18 Å². The van der Waals surface area contributed by atoms with Gasteiger partial charge in [0.1, 0.15) is 4.34 Å². The van der Waals surface area contributed by atoms with E-state index in [-0.39, 0.29) is 21.8 Å². The molecule has 1 aromatic heterocycles. The number of carbonyl (C=O) groups is 1. The highest BCUT2D eigenvalue weighted by Crippen LogP contribution is 2.39. The fourth-order valence-electron chi connectivity index (χ4n) is 1.81. The van der Waals surface area contributed by atoms with Gasteiger partial charge in [-0.2, -0.15) is 8.42 Å². The Kier molecular flexibility index (Phi) is 6.60. The van der Waals surface area contributed by atoms with E-state index >= 15 is 0 Å². The third kappa shape index (κ3) is 6.15. The Morgan fingerprint density at radius 3 is 2.62 bits per heavy atom. The SMILES string of the molecule is CCS(=O)(=O)Oc1cc(C(=O)Nc2ncc(Cl)s2)ccc1SC(C)(C)C. The molecule has 2 rings (SSSR count). The van der Waals surface area contributed by atoms with Crippen molar-refractivity contribution in [1.82, 2.24) is 4.98 Å². The molecule has 0 atom stereocenters. The second-order valence-electron chi connectivity index (χ2n) is 6.23. The lowest BCUT2D eigenvalue weighted by atomic mass is 10.2. The second kappa shape index (κ2) is 8.16. The number of rotatable bonds is 6. The van der Waals surface area contributed by atoms with Crippen molar-refractivity contribution in [2.75, 3.05) is 11.1 Å². The maximum absolute atomic E-state index is 12.4. The van der Waals surface area contributed by atoms with Crippen LogP contribution in [0.4, 0.5) is 5.13 Å². The highest BCUT2D eigenvalue weighted by molar-refractivity contribution is 8.00. The molecular weight excluding hydrogens is 416 g/mol. The molecule has 0 saturated carbocycles. The van der Waals surface area contributed by atoms with Crippen molar-refractivity contribution in [3.05, 3.63) is 34.3 Å². The van der Waals surface area contributed by atoms with Crippen LogP contribution in [0.25, 0.3) is 0 Å². The molecule has 0 aliphatic rings. The number of anilines is 1. The number of thiazole rings is 1. The second-order valence-corrected chi connectivity index (χ2v) is 11.6. The predicted octanol–water partition coefficient (Wildman–Crippen LogP) is 4.67. The zero-order valence-electron chi connectivity index (χ0n) is 14.7. The van der Waals surface area contributed by atoms with Crippen LogP contribution in [0.5, 0.6) is 5.75 Å².